The fourth-order valence-corrected chi connectivity index (χ4v) is 1.85. The summed E-state index contributed by atoms with van der Waals surface area (Å²) in [5, 5.41) is 9.54. The maximum atomic E-state index is 10.8. The maximum absolute atomic E-state index is 10.8. The van der Waals surface area contributed by atoms with E-state index in [0.717, 1.165) is 12.0 Å². The van der Waals surface area contributed by atoms with Crippen molar-refractivity contribution in [1.82, 2.24) is 9.97 Å². The Bertz CT molecular complexity index is 572. The fraction of sp³-hybridized carbons (Fsp3) is 0.154. The number of hydrogen-bond donors (Lipinski definition) is 1. The molecule has 0 unspecified atom stereocenters. The van der Waals surface area contributed by atoms with E-state index in [-0.39, 0.29) is 5.69 Å². The zero-order valence-electron chi connectivity index (χ0n) is 9.51. The number of aryl methyl sites for hydroxylation is 2. The summed E-state index contributed by atoms with van der Waals surface area (Å²) in [5.41, 5.74) is 1.73. The topological polar surface area (TPSA) is 63.1 Å². The lowest BCUT2D eigenvalue weighted by molar-refractivity contribution is 0.0690. The standard InChI is InChI=1S/C13H11ClN2O2/c14-11-4-2-1-3-9(11)5-6-10-7-12(13(17)18)16-8-15-10/h1-4,7-8H,5-6H2,(H,17,18). The predicted octanol–water partition coefficient (Wildman–Crippen LogP) is 2.61. The minimum Gasteiger partial charge on any atom is -0.477 e. The Labute approximate surface area is 109 Å². The molecule has 0 aliphatic rings. The van der Waals surface area contributed by atoms with Crippen LogP contribution in [0.15, 0.2) is 36.7 Å². The Kier molecular flexibility index (Phi) is 3.89. The van der Waals surface area contributed by atoms with Crippen molar-refractivity contribution in [2.24, 2.45) is 0 Å². The first kappa shape index (κ1) is 12.5. The molecule has 92 valence electrons. The molecule has 0 saturated heterocycles. The minimum absolute atomic E-state index is 0.0131. The van der Waals surface area contributed by atoms with Gasteiger partial charge in [-0.2, -0.15) is 0 Å². The van der Waals surface area contributed by atoms with Crippen LogP contribution in [0.4, 0.5) is 0 Å². The van der Waals surface area contributed by atoms with Crippen molar-refractivity contribution < 1.29 is 9.90 Å². The van der Waals surface area contributed by atoms with Gasteiger partial charge in [0.1, 0.15) is 6.33 Å². The molecule has 2 rings (SSSR count). The van der Waals surface area contributed by atoms with Crippen LogP contribution >= 0.6 is 11.6 Å². The van der Waals surface area contributed by atoms with Crippen LogP contribution in [0, 0.1) is 0 Å². The molecule has 0 aliphatic carbocycles. The summed E-state index contributed by atoms with van der Waals surface area (Å²) in [7, 11) is 0. The summed E-state index contributed by atoms with van der Waals surface area (Å²) >= 11 is 6.05. The monoisotopic (exact) mass is 262 g/mol. The van der Waals surface area contributed by atoms with Gasteiger partial charge in [-0.3, -0.25) is 0 Å². The number of hydrogen-bond acceptors (Lipinski definition) is 3. The number of rotatable bonds is 4. The highest BCUT2D eigenvalue weighted by Crippen LogP contribution is 2.16. The van der Waals surface area contributed by atoms with Crippen molar-refractivity contribution in [3.05, 3.63) is 58.6 Å². The molecule has 0 atom stereocenters. The molecule has 0 amide bonds. The SMILES string of the molecule is O=C(O)c1cc(CCc2ccccc2Cl)ncn1. The number of nitrogens with zero attached hydrogens (tertiary/aromatic N) is 2. The lowest BCUT2D eigenvalue weighted by Gasteiger charge is -2.04. The molecule has 0 spiro atoms. The van der Waals surface area contributed by atoms with E-state index < -0.39 is 5.97 Å². The van der Waals surface area contributed by atoms with Gasteiger partial charge in [0.25, 0.3) is 0 Å². The largest absolute Gasteiger partial charge is 0.477 e. The van der Waals surface area contributed by atoms with E-state index in [1.807, 2.05) is 24.3 Å². The van der Waals surface area contributed by atoms with Crippen LogP contribution in [0.5, 0.6) is 0 Å². The third-order valence-corrected chi connectivity index (χ3v) is 2.92. The molecule has 1 heterocycles. The molecular formula is C13H11ClN2O2. The second-order valence-corrected chi connectivity index (χ2v) is 4.20. The minimum atomic E-state index is -1.05. The Morgan fingerprint density at radius 1 is 1.22 bits per heavy atom. The van der Waals surface area contributed by atoms with E-state index in [9.17, 15) is 4.79 Å². The van der Waals surface area contributed by atoms with Gasteiger partial charge < -0.3 is 5.11 Å². The molecule has 1 N–H and O–H groups in total. The van der Waals surface area contributed by atoms with Crippen molar-refractivity contribution in [2.75, 3.05) is 0 Å². The number of benzene rings is 1. The Morgan fingerprint density at radius 3 is 2.72 bits per heavy atom. The molecule has 18 heavy (non-hydrogen) atoms. The average molecular weight is 263 g/mol. The molecule has 0 radical (unpaired) electrons. The van der Waals surface area contributed by atoms with Gasteiger partial charge in [0.05, 0.1) is 0 Å². The van der Waals surface area contributed by atoms with Crippen LogP contribution in [0.25, 0.3) is 0 Å². The number of carboxylic acids is 1. The van der Waals surface area contributed by atoms with Crippen LogP contribution in [0.2, 0.25) is 5.02 Å². The molecule has 0 bridgehead atoms. The Balaban J connectivity index is 2.09. The van der Waals surface area contributed by atoms with Gasteiger partial charge in [0, 0.05) is 10.7 Å². The molecule has 0 aliphatic heterocycles. The van der Waals surface area contributed by atoms with Gasteiger partial charge in [-0.25, -0.2) is 14.8 Å². The summed E-state index contributed by atoms with van der Waals surface area (Å²) < 4.78 is 0. The molecule has 5 heteroatoms. The van der Waals surface area contributed by atoms with E-state index in [1.165, 1.54) is 12.4 Å². The lowest BCUT2D eigenvalue weighted by Crippen LogP contribution is -2.03. The summed E-state index contributed by atoms with van der Waals surface area (Å²) in [6, 6.07) is 9.06. The van der Waals surface area contributed by atoms with Gasteiger partial charge >= 0.3 is 5.97 Å². The maximum Gasteiger partial charge on any atom is 0.354 e. The Hall–Kier alpha value is -1.94. The first-order valence-electron chi connectivity index (χ1n) is 5.44. The highest BCUT2D eigenvalue weighted by atomic mass is 35.5. The number of halogens is 1. The van der Waals surface area contributed by atoms with Crippen LogP contribution < -0.4 is 0 Å². The van der Waals surface area contributed by atoms with Crippen LogP contribution in [0.3, 0.4) is 0 Å². The van der Waals surface area contributed by atoms with Crippen LogP contribution in [-0.2, 0) is 12.8 Å². The summed E-state index contributed by atoms with van der Waals surface area (Å²) in [5.74, 6) is -1.05. The summed E-state index contributed by atoms with van der Waals surface area (Å²) in [4.78, 5) is 18.5. The van der Waals surface area contributed by atoms with Gasteiger partial charge in [-0.1, -0.05) is 29.8 Å². The first-order valence-corrected chi connectivity index (χ1v) is 5.82. The molecule has 1 aromatic carbocycles. The third kappa shape index (κ3) is 3.05. The average Bonchev–Trinajstić information content (AvgIpc) is 2.38. The van der Waals surface area contributed by atoms with E-state index in [0.29, 0.717) is 17.1 Å². The first-order chi connectivity index (χ1) is 8.66. The zero-order valence-corrected chi connectivity index (χ0v) is 10.3. The molecule has 2 aromatic rings. The smallest absolute Gasteiger partial charge is 0.354 e. The zero-order chi connectivity index (χ0) is 13.0. The molecule has 1 aromatic heterocycles. The normalized spacial score (nSPS) is 10.3. The van der Waals surface area contributed by atoms with E-state index in [2.05, 4.69) is 9.97 Å². The van der Waals surface area contributed by atoms with Crippen molar-refractivity contribution in [1.29, 1.82) is 0 Å². The second kappa shape index (κ2) is 5.60. The fourth-order valence-electron chi connectivity index (χ4n) is 1.62. The van der Waals surface area contributed by atoms with Gasteiger partial charge in [-0.15, -0.1) is 0 Å². The second-order valence-electron chi connectivity index (χ2n) is 3.79. The lowest BCUT2D eigenvalue weighted by atomic mass is 10.1. The Morgan fingerprint density at radius 2 is 2.00 bits per heavy atom. The molecular weight excluding hydrogens is 252 g/mol. The summed E-state index contributed by atoms with van der Waals surface area (Å²) in [6.07, 6.45) is 2.62. The molecule has 4 nitrogen and oxygen atoms in total. The van der Waals surface area contributed by atoms with E-state index in [1.54, 1.807) is 0 Å². The molecule has 0 saturated carbocycles. The van der Waals surface area contributed by atoms with Crippen molar-refractivity contribution in [3.63, 3.8) is 0 Å². The van der Waals surface area contributed by atoms with Crippen molar-refractivity contribution in [3.8, 4) is 0 Å². The number of aromatic carboxylic acids is 1. The van der Waals surface area contributed by atoms with Gasteiger partial charge in [0.2, 0.25) is 0 Å². The summed E-state index contributed by atoms with van der Waals surface area (Å²) in [6.45, 7) is 0. The molecule has 0 fully saturated rings. The van der Waals surface area contributed by atoms with Crippen molar-refractivity contribution in [2.45, 2.75) is 12.8 Å². The van der Waals surface area contributed by atoms with E-state index in [4.69, 9.17) is 16.7 Å². The highest BCUT2D eigenvalue weighted by molar-refractivity contribution is 6.31. The number of carboxylic acid groups (broad SMARTS) is 1. The quantitative estimate of drug-likeness (QED) is 0.920. The number of aromatic nitrogens is 2. The highest BCUT2D eigenvalue weighted by Gasteiger charge is 2.06. The van der Waals surface area contributed by atoms with E-state index >= 15 is 0 Å². The van der Waals surface area contributed by atoms with Crippen LogP contribution in [-0.4, -0.2) is 21.0 Å². The van der Waals surface area contributed by atoms with Gasteiger partial charge in [0.15, 0.2) is 5.69 Å². The number of carbonyl (C=O) groups is 1. The van der Waals surface area contributed by atoms with Crippen LogP contribution in [0.1, 0.15) is 21.7 Å². The predicted molar refractivity (Wildman–Crippen MR) is 67.9 cm³/mol. The third-order valence-electron chi connectivity index (χ3n) is 2.55. The van der Waals surface area contributed by atoms with Crippen molar-refractivity contribution >= 4 is 17.6 Å². The van der Waals surface area contributed by atoms with Gasteiger partial charge in [-0.05, 0) is 30.5 Å².